The predicted octanol–water partition coefficient (Wildman–Crippen LogP) is 4.63. The van der Waals surface area contributed by atoms with Crippen LogP contribution in [0, 0.1) is 12.7 Å². The lowest BCUT2D eigenvalue weighted by Crippen LogP contribution is -1.92. The van der Waals surface area contributed by atoms with Gasteiger partial charge in [0.25, 0.3) is 0 Å². The maximum atomic E-state index is 13.3. The Kier molecular flexibility index (Phi) is 3.74. The average Bonchev–Trinajstić information content (AvgIpc) is 2.29. The first-order chi connectivity index (χ1) is 8.06. The summed E-state index contributed by atoms with van der Waals surface area (Å²) in [4.78, 5) is 1.96. The molecule has 2 N–H and O–H groups in total. The molecule has 0 saturated heterocycles. The van der Waals surface area contributed by atoms with Crippen molar-refractivity contribution in [2.75, 3.05) is 5.73 Å². The SMILES string of the molecule is Cc1cc(Sc2ccc(Br)cc2)c(N)cc1F. The number of nitrogen functional groups attached to an aromatic ring is 1. The summed E-state index contributed by atoms with van der Waals surface area (Å²) in [7, 11) is 0. The fraction of sp³-hybridized carbons (Fsp3) is 0.0769. The van der Waals surface area contributed by atoms with Gasteiger partial charge in [0.15, 0.2) is 0 Å². The smallest absolute Gasteiger partial charge is 0.128 e. The molecule has 0 fully saturated rings. The Balaban J connectivity index is 2.30. The van der Waals surface area contributed by atoms with Gasteiger partial charge in [-0.15, -0.1) is 0 Å². The van der Waals surface area contributed by atoms with Gasteiger partial charge in [0.2, 0.25) is 0 Å². The third kappa shape index (κ3) is 3.01. The molecule has 0 spiro atoms. The first kappa shape index (κ1) is 12.5. The Hall–Kier alpha value is -1.00. The van der Waals surface area contributed by atoms with E-state index >= 15 is 0 Å². The monoisotopic (exact) mass is 311 g/mol. The highest BCUT2D eigenvalue weighted by atomic mass is 79.9. The second-order valence-electron chi connectivity index (χ2n) is 3.70. The molecule has 2 aromatic carbocycles. The molecule has 0 unspecified atom stereocenters. The third-order valence-corrected chi connectivity index (χ3v) is 3.94. The maximum absolute atomic E-state index is 13.3. The van der Waals surface area contributed by atoms with Crippen LogP contribution in [-0.2, 0) is 0 Å². The molecule has 0 bridgehead atoms. The van der Waals surface area contributed by atoms with E-state index in [1.165, 1.54) is 17.8 Å². The molecular formula is C13H11BrFNS. The fourth-order valence-corrected chi connectivity index (χ4v) is 2.59. The summed E-state index contributed by atoms with van der Waals surface area (Å²) in [6.45, 7) is 1.74. The molecule has 4 heteroatoms. The van der Waals surface area contributed by atoms with Crippen molar-refractivity contribution in [2.45, 2.75) is 16.7 Å². The van der Waals surface area contributed by atoms with Crippen LogP contribution in [0.2, 0.25) is 0 Å². The highest BCUT2D eigenvalue weighted by Gasteiger charge is 2.06. The molecule has 17 heavy (non-hydrogen) atoms. The van der Waals surface area contributed by atoms with Crippen molar-refractivity contribution in [3.05, 3.63) is 52.3 Å². The molecular weight excluding hydrogens is 301 g/mol. The van der Waals surface area contributed by atoms with E-state index in [9.17, 15) is 4.39 Å². The van der Waals surface area contributed by atoms with E-state index in [1.54, 1.807) is 13.0 Å². The van der Waals surface area contributed by atoms with Gasteiger partial charge < -0.3 is 5.73 Å². The van der Waals surface area contributed by atoms with Gasteiger partial charge in [-0.2, -0.15) is 0 Å². The lowest BCUT2D eigenvalue weighted by Gasteiger charge is -2.07. The first-order valence-corrected chi connectivity index (χ1v) is 6.66. The van der Waals surface area contributed by atoms with Gasteiger partial charge in [0.1, 0.15) is 5.82 Å². The minimum Gasteiger partial charge on any atom is -0.398 e. The molecule has 88 valence electrons. The highest BCUT2D eigenvalue weighted by molar-refractivity contribution is 9.10. The Bertz CT molecular complexity index is 540. The van der Waals surface area contributed by atoms with Crippen molar-refractivity contribution in [3.63, 3.8) is 0 Å². The normalized spacial score (nSPS) is 10.5. The largest absolute Gasteiger partial charge is 0.398 e. The Morgan fingerprint density at radius 3 is 2.47 bits per heavy atom. The zero-order valence-corrected chi connectivity index (χ0v) is 11.6. The van der Waals surface area contributed by atoms with E-state index in [4.69, 9.17) is 5.73 Å². The number of aryl methyl sites for hydroxylation is 1. The van der Waals surface area contributed by atoms with Gasteiger partial charge in [-0.25, -0.2) is 4.39 Å². The topological polar surface area (TPSA) is 26.0 Å². The van der Waals surface area contributed by atoms with Crippen molar-refractivity contribution in [1.82, 2.24) is 0 Å². The molecule has 0 aliphatic carbocycles. The summed E-state index contributed by atoms with van der Waals surface area (Å²) in [5.41, 5.74) is 6.88. The molecule has 0 saturated carbocycles. The van der Waals surface area contributed by atoms with Gasteiger partial charge in [-0.05, 0) is 48.9 Å². The van der Waals surface area contributed by atoms with Crippen LogP contribution < -0.4 is 5.73 Å². The second kappa shape index (κ2) is 5.10. The summed E-state index contributed by atoms with van der Waals surface area (Å²) in [5, 5.41) is 0. The molecule has 2 aromatic rings. The molecule has 0 radical (unpaired) electrons. The summed E-state index contributed by atoms with van der Waals surface area (Å²) < 4.78 is 14.3. The van der Waals surface area contributed by atoms with Crippen LogP contribution in [0.5, 0.6) is 0 Å². The van der Waals surface area contributed by atoms with E-state index < -0.39 is 0 Å². The lowest BCUT2D eigenvalue weighted by atomic mass is 10.2. The molecule has 0 aromatic heterocycles. The number of rotatable bonds is 2. The van der Waals surface area contributed by atoms with Crippen LogP contribution in [-0.4, -0.2) is 0 Å². The van der Waals surface area contributed by atoms with Crippen molar-refractivity contribution in [2.24, 2.45) is 0 Å². The van der Waals surface area contributed by atoms with Crippen LogP contribution in [0.1, 0.15) is 5.56 Å². The highest BCUT2D eigenvalue weighted by Crippen LogP contribution is 2.34. The van der Waals surface area contributed by atoms with Crippen LogP contribution in [0.4, 0.5) is 10.1 Å². The minimum atomic E-state index is -0.261. The van der Waals surface area contributed by atoms with Gasteiger partial charge >= 0.3 is 0 Å². The van der Waals surface area contributed by atoms with Gasteiger partial charge in [0.05, 0.1) is 0 Å². The number of hydrogen-bond donors (Lipinski definition) is 1. The lowest BCUT2D eigenvalue weighted by molar-refractivity contribution is 0.618. The Labute approximate surface area is 112 Å². The number of halogens is 2. The Morgan fingerprint density at radius 1 is 1.18 bits per heavy atom. The number of nitrogens with two attached hydrogens (primary N) is 1. The summed E-state index contributed by atoms with van der Waals surface area (Å²) >= 11 is 4.92. The fourth-order valence-electron chi connectivity index (χ4n) is 1.39. The number of anilines is 1. The molecule has 2 rings (SSSR count). The van der Waals surface area contributed by atoms with Gasteiger partial charge in [0, 0.05) is 20.0 Å². The van der Waals surface area contributed by atoms with Gasteiger partial charge in [-0.1, -0.05) is 27.7 Å². The van der Waals surface area contributed by atoms with Crippen molar-refractivity contribution < 1.29 is 4.39 Å². The van der Waals surface area contributed by atoms with Crippen LogP contribution in [0.15, 0.2) is 50.7 Å². The van der Waals surface area contributed by atoms with Gasteiger partial charge in [-0.3, -0.25) is 0 Å². The third-order valence-electron chi connectivity index (χ3n) is 2.33. The van der Waals surface area contributed by atoms with E-state index in [-0.39, 0.29) is 5.82 Å². The molecule has 0 aliphatic heterocycles. The molecule has 1 nitrogen and oxygen atoms in total. The zero-order chi connectivity index (χ0) is 12.4. The summed E-state index contributed by atoms with van der Waals surface area (Å²) in [6, 6.07) is 11.1. The first-order valence-electron chi connectivity index (χ1n) is 5.05. The second-order valence-corrected chi connectivity index (χ2v) is 5.73. The van der Waals surface area contributed by atoms with Crippen molar-refractivity contribution in [1.29, 1.82) is 0 Å². The van der Waals surface area contributed by atoms with E-state index in [1.807, 2.05) is 24.3 Å². The van der Waals surface area contributed by atoms with Crippen LogP contribution in [0.3, 0.4) is 0 Å². The van der Waals surface area contributed by atoms with E-state index in [0.29, 0.717) is 11.3 Å². The molecule has 0 atom stereocenters. The average molecular weight is 312 g/mol. The standard InChI is InChI=1S/C13H11BrFNS/c1-8-6-13(12(16)7-11(8)15)17-10-4-2-9(14)3-5-10/h2-7H,16H2,1H3. The summed E-state index contributed by atoms with van der Waals surface area (Å²) in [5.74, 6) is -0.261. The van der Waals surface area contributed by atoms with Crippen LogP contribution in [0.25, 0.3) is 0 Å². The number of benzene rings is 2. The predicted molar refractivity (Wildman–Crippen MR) is 73.8 cm³/mol. The van der Waals surface area contributed by atoms with Crippen molar-refractivity contribution >= 4 is 33.4 Å². The van der Waals surface area contributed by atoms with Crippen molar-refractivity contribution in [3.8, 4) is 0 Å². The minimum absolute atomic E-state index is 0.261. The maximum Gasteiger partial charge on any atom is 0.128 e. The molecule has 0 heterocycles. The number of hydrogen-bond acceptors (Lipinski definition) is 2. The molecule has 0 amide bonds. The van der Waals surface area contributed by atoms with Crippen LogP contribution >= 0.6 is 27.7 Å². The van der Waals surface area contributed by atoms with E-state index in [0.717, 1.165) is 14.3 Å². The Morgan fingerprint density at radius 2 is 1.82 bits per heavy atom. The zero-order valence-electron chi connectivity index (χ0n) is 9.21. The molecule has 0 aliphatic rings. The van der Waals surface area contributed by atoms with E-state index in [2.05, 4.69) is 15.9 Å². The summed E-state index contributed by atoms with van der Waals surface area (Å²) in [6.07, 6.45) is 0. The quantitative estimate of drug-likeness (QED) is 0.818.